The molecule has 6 N–H and O–H groups in total. The Bertz CT molecular complexity index is 1060. The number of hydrogen-bond donors (Lipinski definition) is 3. The van der Waals surface area contributed by atoms with E-state index in [0.29, 0.717) is 0 Å². The Hall–Kier alpha value is -3.44. The molecule has 0 aliphatic heterocycles. The van der Waals surface area contributed by atoms with Crippen molar-refractivity contribution >= 4 is 33.6 Å². The molecule has 31 heavy (non-hydrogen) atoms. The van der Waals surface area contributed by atoms with Crippen molar-refractivity contribution in [2.24, 2.45) is 5.41 Å². The van der Waals surface area contributed by atoms with Crippen molar-refractivity contribution in [3.63, 3.8) is 0 Å². The van der Waals surface area contributed by atoms with Gasteiger partial charge in [-0.3, -0.25) is 14.3 Å². The molecule has 0 aromatic heterocycles. The van der Waals surface area contributed by atoms with Crippen molar-refractivity contribution in [3.8, 4) is 5.75 Å². The van der Waals surface area contributed by atoms with Gasteiger partial charge >= 0.3 is 5.97 Å². The van der Waals surface area contributed by atoms with Crippen molar-refractivity contribution in [2.75, 3.05) is 11.3 Å². The van der Waals surface area contributed by atoms with E-state index in [0.717, 1.165) is 0 Å². The van der Waals surface area contributed by atoms with Crippen LogP contribution in [0.25, 0.3) is 0 Å². The number of para-hydroxylation sites is 1. The fraction of sp³-hybridized carbons (Fsp3) is 0.250. The molecule has 0 spiro atoms. The van der Waals surface area contributed by atoms with Gasteiger partial charge in [0.15, 0.2) is 0 Å². The fourth-order valence-corrected chi connectivity index (χ4v) is 3.25. The molecule has 0 bridgehead atoms. The third kappa shape index (κ3) is 7.08. The van der Waals surface area contributed by atoms with E-state index in [1.165, 1.54) is 48.5 Å². The molecular weight excluding hydrogens is 426 g/mol. The minimum absolute atomic E-state index is 0. The van der Waals surface area contributed by atoms with Crippen molar-refractivity contribution in [2.45, 2.75) is 25.7 Å². The largest absolute Gasteiger partial charge is 0.548 e. The number of anilines is 1. The molecule has 2 rings (SSSR count). The van der Waals surface area contributed by atoms with E-state index in [2.05, 4.69) is 10.0 Å². The van der Waals surface area contributed by atoms with Crippen LogP contribution in [-0.2, 0) is 19.6 Å². The summed E-state index contributed by atoms with van der Waals surface area (Å²) in [5.74, 6) is -2.53. The minimum atomic E-state index is -4.07. The normalized spacial score (nSPS) is 11.1. The van der Waals surface area contributed by atoms with Gasteiger partial charge in [-0.25, -0.2) is 8.42 Å². The smallest absolute Gasteiger partial charge is 0.316 e. The van der Waals surface area contributed by atoms with Gasteiger partial charge in [-0.15, -0.1) is 0 Å². The maximum Gasteiger partial charge on any atom is 0.316 e. The molecule has 0 saturated heterocycles. The lowest BCUT2D eigenvalue weighted by molar-refractivity contribution is -0.303. The van der Waals surface area contributed by atoms with E-state index in [9.17, 15) is 27.9 Å². The van der Waals surface area contributed by atoms with Crippen molar-refractivity contribution < 1.29 is 32.6 Å². The second-order valence-electron chi connectivity index (χ2n) is 7.32. The van der Waals surface area contributed by atoms with Crippen LogP contribution in [0.15, 0.2) is 53.4 Å². The van der Waals surface area contributed by atoms with Crippen LogP contribution >= 0.6 is 0 Å². The highest BCUT2D eigenvalue weighted by molar-refractivity contribution is 7.92. The van der Waals surface area contributed by atoms with E-state index in [4.69, 9.17) is 4.74 Å². The summed E-state index contributed by atoms with van der Waals surface area (Å²) in [5, 5.41) is 12.6. The standard InChI is InChI=1S/C20H22N2O7S.H3N/c1-20(2,3)19(26)29-13-8-10-14(11-9-13)30(27,28)22-16-7-5-4-6-15(16)18(25)21-12-17(23)24;/h4-11,22H,12H2,1-3H3,(H,21,25)(H,23,24);1H3. The summed E-state index contributed by atoms with van der Waals surface area (Å²) in [7, 11) is -4.07. The molecule has 0 fully saturated rings. The molecule has 0 radical (unpaired) electrons. The van der Waals surface area contributed by atoms with Gasteiger partial charge in [0.05, 0.1) is 34.1 Å². The molecule has 0 aliphatic rings. The van der Waals surface area contributed by atoms with Crippen molar-refractivity contribution in [3.05, 3.63) is 54.1 Å². The predicted molar refractivity (Wildman–Crippen MR) is 112 cm³/mol. The van der Waals surface area contributed by atoms with Crippen molar-refractivity contribution in [1.29, 1.82) is 0 Å². The lowest BCUT2D eigenvalue weighted by atomic mass is 9.97. The lowest BCUT2D eigenvalue weighted by Gasteiger charge is -2.16. The third-order valence-corrected chi connectivity index (χ3v) is 5.15. The Kier molecular flexibility index (Phi) is 8.29. The van der Waals surface area contributed by atoms with Crippen molar-refractivity contribution in [1.82, 2.24) is 11.5 Å². The molecule has 2 aromatic rings. The topological polar surface area (TPSA) is 178 Å². The molecule has 10 nitrogen and oxygen atoms in total. The number of carboxylic acid groups (broad SMARTS) is 1. The number of quaternary nitrogens is 1. The van der Waals surface area contributed by atoms with Crippen LogP contribution in [0.1, 0.15) is 31.1 Å². The van der Waals surface area contributed by atoms with Gasteiger partial charge in [-0.2, -0.15) is 0 Å². The van der Waals surface area contributed by atoms with Gasteiger partial charge in [0, 0.05) is 0 Å². The van der Waals surface area contributed by atoms with Gasteiger partial charge in [0.1, 0.15) is 5.75 Å². The highest BCUT2D eigenvalue weighted by Gasteiger charge is 2.24. The number of nitrogens with one attached hydrogen (secondary N) is 2. The zero-order valence-corrected chi connectivity index (χ0v) is 18.4. The first-order valence-corrected chi connectivity index (χ1v) is 10.3. The quantitative estimate of drug-likeness (QED) is 0.419. The zero-order chi connectivity index (χ0) is 22.5. The maximum absolute atomic E-state index is 12.7. The number of benzene rings is 2. The number of carboxylic acids is 1. The molecule has 0 heterocycles. The molecule has 0 aliphatic carbocycles. The molecule has 0 unspecified atom stereocenters. The summed E-state index contributed by atoms with van der Waals surface area (Å²) in [5.41, 5.74) is -0.803. The Balaban J connectivity index is 0.00000480. The molecule has 1 amide bonds. The highest BCUT2D eigenvalue weighted by Crippen LogP contribution is 2.23. The van der Waals surface area contributed by atoms with Gasteiger partial charge in [-0.1, -0.05) is 12.1 Å². The minimum Gasteiger partial charge on any atom is -0.548 e. The van der Waals surface area contributed by atoms with Gasteiger partial charge in [0.25, 0.3) is 15.9 Å². The summed E-state index contributed by atoms with van der Waals surface area (Å²) < 4.78 is 32.9. The van der Waals surface area contributed by atoms with E-state index in [-0.39, 0.29) is 28.0 Å². The molecule has 0 saturated carbocycles. The van der Waals surface area contributed by atoms with Crippen LogP contribution in [0.2, 0.25) is 0 Å². The van der Waals surface area contributed by atoms with E-state index < -0.39 is 39.8 Å². The lowest BCUT2D eigenvalue weighted by Crippen LogP contribution is -2.38. The first-order valence-electron chi connectivity index (χ1n) is 8.82. The Labute approximate surface area is 180 Å². The molecule has 11 heteroatoms. The number of carbonyl (C=O) groups excluding carboxylic acids is 3. The number of ether oxygens (including phenoxy) is 1. The first-order chi connectivity index (χ1) is 13.9. The average molecular weight is 452 g/mol. The SMILES string of the molecule is CC(C)(C)C(=O)Oc1ccc(S(=O)(=O)Nc2ccccc2C(=O)NCC(=O)[O-])cc1.[NH4+]. The van der Waals surface area contributed by atoms with E-state index in [1.54, 1.807) is 20.8 Å². The Morgan fingerprint density at radius 2 is 1.58 bits per heavy atom. The van der Waals surface area contributed by atoms with E-state index in [1.807, 2.05) is 0 Å². The second kappa shape index (κ2) is 10.0. The number of aliphatic carboxylic acids is 1. The number of esters is 1. The Morgan fingerprint density at radius 1 is 1.00 bits per heavy atom. The van der Waals surface area contributed by atoms with E-state index >= 15 is 0 Å². The van der Waals surface area contributed by atoms with Gasteiger partial charge < -0.3 is 26.1 Å². The van der Waals surface area contributed by atoms with Crippen LogP contribution < -0.4 is 26.0 Å². The molecule has 168 valence electrons. The van der Waals surface area contributed by atoms with Crippen LogP contribution in [0.4, 0.5) is 5.69 Å². The number of carbonyl (C=O) groups is 3. The summed E-state index contributed by atoms with van der Waals surface area (Å²) in [6.07, 6.45) is 0. The fourth-order valence-electron chi connectivity index (χ4n) is 2.17. The van der Waals surface area contributed by atoms with Crippen LogP contribution in [0.3, 0.4) is 0 Å². The van der Waals surface area contributed by atoms with Crippen LogP contribution in [0.5, 0.6) is 5.75 Å². The number of hydrogen-bond acceptors (Lipinski definition) is 7. The highest BCUT2D eigenvalue weighted by atomic mass is 32.2. The predicted octanol–water partition coefficient (Wildman–Crippen LogP) is 1.29. The molecule has 2 aromatic carbocycles. The average Bonchev–Trinajstić information content (AvgIpc) is 2.66. The van der Waals surface area contributed by atoms with Gasteiger partial charge in [0.2, 0.25) is 0 Å². The molecular formula is C20H25N3O7S. The molecule has 0 atom stereocenters. The summed E-state index contributed by atoms with van der Waals surface area (Å²) in [6.45, 7) is 4.37. The first kappa shape index (κ1) is 25.6. The third-order valence-electron chi connectivity index (χ3n) is 3.77. The number of sulfonamides is 1. The maximum atomic E-state index is 12.7. The summed E-state index contributed by atoms with van der Waals surface area (Å²) in [6, 6.07) is 10.9. The second-order valence-corrected chi connectivity index (χ2v) is 9.00. The monoisotopic (exact) mass is 451 g/mol. The summed E-state index contributed by atoms with van der Waals surface area (Å²) in [4.78, 5) is 34.4. The van der Waals surface area contributed by atoms with Crippen LogP contribution in [0, 0.1) is 5.41 Å². The van der Waals surface area contributed by atoms with Crippen LogP contribution in [-0.4, -0.2) is 32.8 Å². The zero-order valence-electron chi connectivity index (χ0n) is 17.6. The summed E-state index contributed by atoms with van der Waals surface area (Å²) >= 11 is 0. The van der Waals surface area contributed by atoms with Gasteiger partial charge in [-0.05, 0) is 57.2 Å². The number of amides is 1. The number of rotatable bonds is 7. The Morgan fingerprint density at radius 3 is 2.13 bits per heavy atom.